The average Bonchev–Trinajstić information content (AvgIpc) is 3.17. The summed E-state index contributed by atoms with van der Waals surface area (Å²) >= 11 is 0. The van der Waals surface area contributed by atoms with Crippen molar-refractivity contribution in [2.45, 2.75) is 38.5 Å². The van der Waals surface area contributed by atoms with Crippen LogP contribution in [0.3, 0.4) is 0 Å². The summed E-state index contributed by atoms with van der Waals surface area (Å²) in [5.41, 5.74) is 12.5. The van der Waals surface area contributed by atoms with Gasteiger partial charge in [-0.15, -0.1) is 0 Å². The van der Waals surface area contributed by atoms with Crippen LogP contribution in [0.25, 0.3) is 0 Å². The quantitative estimate of drug-likeness (QED) is 0.744. The number of rotatable bonds is 1. The second-order valence-corrected chi connectivity index (χ2v) is 5.82. The summed E-state index contributed by atoms with van der Waals surface area (Å²) in [5.74, 6) is -1.23. The Morgan fingerprint density at radius 2 is 1.65 bits per heavy atom. The fraction of sp³-hybridized carbons (Fsp3) is 0.353. The summed E-state index contributed by atoms with van der Waals surface area (Å²) in [4.78, 5) is 18.4. The molecule has 6 heteroatoms. The van der Waals surface area contributed by atoms with Crippen LogP contribution in [0.1, 0.15) is 45.7 Å². The van der Waals surface area contributed by atoms with Crippen LogP contribution in [-0.4, -0.2) is 26.2 Å². The number of fused-ring (bicyclic) bond motifs is 2. The molecule has 0 spiro atoms. The van der Waals surface area contributed by atoms with Crippen molar-refractivity contribution in [3.8, 4) is 5.75 Å². The van der Waals surface area contributed by atoms with E-state index in [-0.39, 0.29) is 11.3 Å². The topological polar surface area (TPSA) is 109 Å². The van der Waals surface area contributed by atoms with E-state index in [1.54, 1.807) is 0 Å². The van der Waals surface area contributed by atoms with E-state index in [1.165, 1.54) is 47.8 Å². The molecule has 23 heavy (non-hydrogen) atoms. The number of aromatic nitrogens is 2. The fourth-order valence-corrected chi connectivity index (χ4v) is 3.17. The van der Waals surface area contributed by atoms with Crippen LogP contribution in [0.4, 0.5) is 5.69 Å². The largest absolute Gasteiger partial charge is 0.506 e. The van der Waals surface area contributed by atoms with E-state index in [2.05, 4.69) is 4.98 Å². The third-order valence-corrected chi connectivity index (χ3v) is 4.27. The predicted molar refractivity (Wildman–Crippen MR) is 85.6 cm³/mol. The molecule has 0 aromatic carbocycles. The lowest BCUT2D eigenvalue weighted by atomic mass is 10.1. The molecule has 0 radical (unpaired) electrons. The molecule has 0 fully saturated rings. The minimum absolute atomic E-state index is 0.0139. The van der Waals surface area contributed by atoms with Gasteiger partial charge in [0, 0.05) is 23.3 Å². The smallest absolute Gasteiger partial charge is 0.337 e. The molecule has 2 aromatic heterocycles. The maximum Gasteiger partial charge on any atom is 0.337 e. The molecular formula is C17H19N3O3. The highest BCUT2D eigenvalue weighted by Gasteiger charge is 2.23. The van der Waals surface area contributed by atoms with E-state index in [4.69, 9.17) is 20.9 Å². The zero-order valence-corrected chi connectivity index (χ0v) is 12.7. The monoisotopic (exact) mass is 313 g/mol. The Hall–Kier alpha value is -2.63. The first-order valence-electron chi connectivity index (χ1n) is 7.72. The number of anilines is 1. The van der Waals surface area contributed by atoms with Crippen molar-refractivity contribution in [3.63, 3.8) is 0 Å². The molecule has 2 heterocycles. The molecule has 4 rings (SSSR count). The molecule has 120 valence electrons. The highest BCUT2D eigenvalue weighted by atomic mass is 16.4. The first-order valence-corrected chi connectivity index (χ1v) is 7.72. The van der Waals surface area contributed by atoms with Crippen LogP contribution in [0.2, 0.25) is 0 Å². The maximum atomic E-state index is 10.2. The molecule has 0 aliphatic heterocycles. The number of hydrogen-bond donors (Lipinski definition) is 3. The lowest BCUT2D eigenvalue weighted by molar-refractivity contribution is 0.0696. The lowest BCUT2D eigenvalue weighted by Gasteiger charge is -2.08. The van der Waals surface area contributed by atoms with E-state index < -0.39 is 5.97 Å². The maximum absolute atomic E-state index is 10.2. The van der Waals surface area contributed by atoms with Gasteiger partial charge in [0.15, 0.2) is 0 Å². The normalized spacial score (nSPS) is 14.6. The van der Waals surface area contributed by atoms with Gasteiger partial charge in [-0.3, -0.25) is 9.97 Å². The Kier molecular flexibility index (Phi) is 4.14. The van der Waals surface area contributed by atoms with Crippen LogP contribution >= 0.6 is 0 Å². The van der Waals surface area contributed by atoms with Gasteiger partial charge in [0.2, 0.25) is 0 Å². The predicted octanol–water partition coefficient (Wildman–Crippen LogP) is 2.13. The molecule has 2 aromatic rings. The molecule has 0 saturated heterocycles. The Morgan fingerprint density at radius 1 is 1.04 bits per heavy atom. The van der Waals surface area contributed by atoms with Crippen LogP contribution < -0.4 is 5.73 Å². The molecule has 0 bridgehead atoms. The van der Waals surface area contributed by atoms with Gasteiger partial charge in [-0.2, -0.15) is 0 Å². The number of aromatic carboxylic acids is 1. The van der Waals surface area contributed by atoms with Crippen molar-refractivity contribution in [1.82, 2.24) is 9.97 Å². The van der Waals surface area contributed by atoms with Crippen molar-refractivity contribution >= 4 is 11.7 Å². The second-order valence-electron chi connectivity index (χ2n) is 5.82. The third kappa shape index (κ3) is 3.11. The number of carboxylic acids is 1. The Balaban J connectivity index is 0.000000142. The average molecular weight is 313 g/mol. The number of nitrogen functional groups attached to an aromatic ring is 1. The molecule has 0 unspecified atom stereocenters. The minimum Gasteiger partial charge on any atom is -0.506 e. The number of aryl methyl sites for hydroxylation is 2. The molecule has 0 saturated carbocycles. The Bertz CT molecular complexity index is 727. The third-order valence-electron chi connectivity index (χ3n) is 4.27. The summed E-state index contributed by atoms with van der Waals surface area (Å²) in [7, 11) is 0. The number of pyridine rings is 2. The standard InChI is InChI=1S/C11H14N2.C6H5NO3/c12-11-7-3-1-5-9(7)13-10-6-2-4-8(10)11;8-5-1-4(6(9)10)2-7-3-5/h1-6H2,(H2,12,13);1-3,8H,(H,9,10). The van der Waals surface area contributed by atoms with Gasteiger partial charge in [0.1, 0.15) is 5.75 Å². The zero-order valence-electron chi connectivity index (χ0n) is 12.7. The van der Waals surface area contributed by atoms with E-state index >= 15 is 0 Å². The molecule has 2 aliphatic carbocycles. The number of carboxylic acid groups (broad SMARTS) is 1. The highest BCUT2D eigenvalue weighted by Crippen LogP contribution is 2.34. The van der Waals surface area contributed by atoms with E-state index in [0.717, 1.165) is 37.4 Å². The molecule has 4 N–H and O–H groups in total. The molecule has 6 nitrogen and oxygen atoms in total. The molecular weight excluding hydrogens is 294 g/mol. The van der Waals surface area contributed by atoms with Crippen LogP contribution in [0.15, 0.2) is 18.5 Å². The van der Waals surface area contributed by atoms with Gasteiger partial charge < -0.3 is 15.9 Å². The number of nitrogens with two attached hydrogens (primary N) is 1. The van der Waals surface area contributed by atoms with Crippen LogP contribution in [0, 0.1) is 0 Å². The number of aromatic hydroxyl groups is 1. The van der Waals surface area contributed by atoms with E-state index in [9.17, 15) is 4.79 Å². The summed E-state index contributed by atoms with van der Waals surface area (Å²) in [6.45, 7) is 0. The summed E-state index contributed by atoms with van der Waals surface area (Å²) in [5, 5.41) is 17.1. The van der Waals surface area contributed by atoms with Crippen molar-refractivity contribution < 1.29 is 15.0 Å². The van der Waals surface area contributed by atoms with Gasteiger partial charge in [-0.1, -0.05) is 0 Å². The lowest BCUT2D eigenvalue weighted by Crippen LogP contribution is -2.03. The van der Waals surface area contributed by atoms with Crippen LogP contribution in [0.5, 0.6) is 5.75 Å². The molecule has 2 aliphatic rings. The van der Waals surface area contributed by atoms with Gasteiger partial charge in [-0.25, -0.2) is 4.79 Å². The zero-order chi connectivity index (χ0) is 16.4. The van der Waals surface area contributed by atoms with Crippen molar-refractivity contribution in [1.29, 1.82) is 0 Å². The fourth-order valence-electron chi connectivity index (χ4n) is 3.17. The minimum atomic E-state index is -1.09. The van der Waals surface area contributed by atoms with E-state index in [0.29, 0.717) is 0 Å². The van der Waals surface area contributed by atoms with E-state index in [1.807, 2.05) is 0 Å². The first-order chi connectivity index (χ1) is 11.1. The number of hydrogen-bond acceptors (Lipinski definition) is 5. The van der Waals surface area contributed by atoms with Gasteiger partial charge in [0.05, 0.1) is 11.8 Å². The SMILES string of the molecule is Nc1c2c(nc3c1CCC3)CCC2.O=C(O)c1cncc(O)c1. The highest BCUT2D eigenvalue weighted by molar-refractivity contribution is 5.87. The summed E-state index contributed by atoms with van der Waals surface area (Å²) in [6.07, 6.45) is 9.43. The van der Waals surface area contributed by atoms with Crippen molar-refractivity contribution in [3.05, 3.63) is 46.5 Å². The van der Waals surface area contributed by atoms with Gasteiger partial charge in [-0.05, 0) is 55.7 Å². The van der Waals surface area contributed by atoms with Gasteiger partial charge in [0.25, 0.3) is 0 Å². The number of nitrogens with zero attached hydrogens (tertiary/aromatic N) is 2. The van der Waals surface area contributed by atoms with Crippen LogP contribution in [-0.2, 0) is 25.7 Å². The number of carbonyl (C=O) groups is 1. The first kappa shape index (κ1) is 15.3. The summed E-state index contributed by atoms with van der Waals surface area (Å²) < 4.78 is 0. The second kappa shape index (κ2) is 6.24. The Labute approximate surface area is 134 Å². The molecule has 0 amide bonds. The van der Waals surface area contributed by atoms with Crippen molar-refractivity contribution in [2.24, 2.45) is 0 Å². The van der Waals surface area contributed by atoms with Gasteiger partial charge >= 0.3 is 5.97 Å². The Morgan fingerprint density at radius 3 is 2.13 bits per heavy atom. The van der Waals surface area contributed by atoms with Crippen molar-refractivity contribution in [2.75, 3.05) is 5.73 Å². The summed E-state index contributed by atoms with van der Waals surface area (Å²) in [6, 6.07) is 1.13. The molecule has 0 atom stereocenters.